The van der Waals surface area contributed by atoms with E-state index in [1.54, 1.807) is 4.31 Å². The Kier molecular flexibility index (Phi) is 6.24. The monoisotopic (exact) mass is 287 g/mol. The molecule has 6 heteroatoms. The summed E-state index contributed by atoms with van der Waals surface area (Å²) in [5, 5.41) is 8.87. The van der Waals surface area contributed by atoms with E-state index in [-0.39, 0.29) is 5.92 Å². The molecule has 0 bridgehead atoms. The van der Waals surface area contributed by atoms with Crippen LogP contribution in [0.1, 0.15) is 26.7 Å². The van der Waals surface area contributed by atoms with Crippen LogP contribution in [0, 0.1) is 23.2 Å². The maximum atomic E-state index is 11.6. The van der Waals surface area contributed by atoms with Crippen LogP contribution in [0.5, 0.6) is 0 Å². The van der Waals surface area contributed by atoms with Gasteiger partial charge >= 0.3 is 0 Å². The van der Waals surface area contributed by atoms with Crippen molar-refractivity contribution in [1.82, 2.24) is 9.21 Å². The van der Waals surface area contributed by atoms with E-state index in [9.17, 15) is 8.42 Å². The SMILES string of the molecule is CCN(CC(C)C#N)CC1CCCN(S(C)(=O)=O)C1. The van der Waals surface area contributed by atoms with Crippen molar-refractivity contribution in [3.8, 4) is 6.07 Å². The van der Waals surface area contributed by atoms with Gasteiger partial charge in [-0.2, -0.15) is 5.26 Å². The zero-order chi connectivity index (χ0) is 14.5. The number of nitriles is 1. The lowest BCUT2D eigenvalue weighted by atomic mass is 9.98. The van der Waals surface area contributed by atoms with Gasteiger partial charge in [0.2, 0.25) is 10.0 Å². The molecule has 19 heavy (non-hydrogen) atoms. The second-order valence-corrected chi connectivity index (χ2v) is 7.49. The van der Waals surface area contributed by atoms with Crippen LogP contribution >= 0.6 is 0 Å². The van der Waals surface area contributed by atoms with Crippen molar-refractivity contribution in [2.75, 3.05) is 39.0 Å². The molecule has 1 heterocycles. The summed E-state index contributed by atoms with van der Waals surface area (Å²) >= 11 is 0. The normalized spacial score (nSPS) is 23.2. The minimum atomic E-state index is -3.07. The number of rotatable bonds is 6. The number of sulfonamides is 1. The molecule has 2 atom stereocenters. The van der Waals surface area contributed by atoms with Crippen LogP contribution in [0.4, 0.5) is 0 Å². The van der Waals surface area contributed by atoms with Gasteiger partial charge in [-0.1, -0.05) is 6.92 Å². The molecule has 1 rings (SSSR count). The van der Waals surface area contributed by atoms with Crippen LogP contribution in [0.25, 0.3) is 0 Å². The lowest BCUT2D eigenvalue weighted by Gasteiger charge is -2.34. The number of piperidine rings is 1. The standard InChI is InChI=1S/C13H25N3O2S/c1-4-15(9-12(2)8-14)10-13-6-5-7-16(11-13)19(3,17)18/h12-13H,4-7,9-11H2,1-3H3. The first kappa shape index (κ1) is 16.4. The molecular weight excluding hydrogens is 262 g/mol. The first-order valence-electron chi connectivity index (χ1n) is 6.94. The highest BCUT2D eigenvalue weighted by Crippen LogP contribution is 2.20. The maximum Gasteiger partial charge on any atom is 0.211 e. The van der Waals surface area contributed by atoms with Crippen LogP contribution < -0.4 is 0 Å². The average Bonchev–Trinajstić information content (AvgIpc) is 2.37. The third-order valence-electron chi connectivity index (χ3n) is 3.67. The van der Waals surface area contributed by atoms with Crippen molar-refractivity contribution in [3.63, 3.8) is 0 Å². The van der Waals surface area contributed by atoms with Crippen molar-refractivity contribution >= 4 is 10.0 Å². The van der Waals surface area contributed by atoms with E-state index < -0.39 is 10.0 Å². The van der Waals surface area contributed by atoms with Gasteiger partial charge in [0.15, 0.2) is 0 Å². The third kappa shape index (κ3) is 5.47. The van der Waals surface area contributed by atoms with Gasteiger partial charge in [0.05, 0.1) is 18.2 Å². The van der Waals surface area contributed by atoms with Crippen molar-refractivity contribution in [2.45, 2.75) is 26.7 Å². The molecule has 0 aromatic carbocycles. The number of hydrogen-bond donors (Lipinski definition) is 0. The summed E-state index contributed by atoms with van der Waals surface area (Å²) < 4.78 is 24.7. The highest BCUT2D eigenvalue weighted by Gasteiger charge is 2.27. The minimum absolute atomic E-state index is 0.0227. The molecule has 1 aliphatic heterocycles. The summed E-state index contributed by atoms with van der Waals surface area (Å²) in [6.07, 6.45) is 3.29. The molecule has 1 aliphatic rings. The fourth-order valence-corrected chi connectivity index (χ4v) is 3.55. The van der Waals surface area contributed by atoms with E-state index in [0.29, 0.717) is 19.0 Å². The highest BCUT2D eigenvalue weighted by atomic mass is 32.2. The Morgan fingerprint density at radius 2 is 2.21 bits per heavy atom. The first-order valence-corrected chi connectivity index (χ1v) is 8.78. The van der Waals surface area contributed by atoms with E-state index in [4.69, 9.17) is 5.26 Å². The maximum absolute atomic E-state index is 11.6. The Balaban J connectivity index is 2.53. The van der Waals surface area contributed by atoms with Gasteiger partial charge in [0.1, 0.15) is 0 Å². The van der Waals surface area contributed by atoms with Gasteiger partial charge in [-0.25, -0.2) is 12.7 Å². The smallest absolute Gasteiger partial charge is 0.211 e. The van der Waals surface area contributed by atoms with Gasteiger partial charge in [0.25, 0.3) is 0 Å². The number of nitrogens with zero attached hydrogens (tertiary/aromatic N) is 3. The topological polar surface area (TPSA) is 64.4 Å². The largest absolute Gasteiger partial charge is 0.302 e. The molecule has 0 aromatic heterocycles. The molecule has 0 aliphatic carbocycles. The van der Waals surface area contributed by atoms with E-state index in [1.165, 1.54) is 6.26 Å². The van der Waals surface area contributed by atoms with E-state index in [0.717, 1.165) is 32.5 Å². The molecule has 0 amide bonds. The zero-order valence-corrected chi connectivity index (χ0v) is 13.0. The van der Waals surface area contributed by atoms with E-state index >= 15 is 0 Å². The fraction of sp³-hybridized carbons (Fsp3) is 0.923. The molecule has 0 N–H and O–H groups in total. The average molecular weight is 287 g/mol. The summed E-state index contributed by atoms with van der Waals surface area (Å²) in [5.74, 6) is 0.406. The van der Waals surface area contributed by atoms with E-state index in [2.05, 4.69) is 17.9 Å². The predicted octanol–water partition coefficient (Wildman–Crippen LogP) is 1.14. The van der Waals surface area contributed by atoms with Gasteiger partial charge in [-0.3, -0.25) is 0 Å². The fourth-order valence-electron chi connectivity index (χ4n) is 2.60. The third-order valence-corrected chi connectivity index (χ3v) is 4.94. The van der Waals surface area contributed by atoms with Crippen LogP contribution in [0.3, 0.4) is 0 Å². The Morgan fingerprint density at radius 3 is 2.74 bits per heavy atom. The van der Waals surface area contributed by atoms with Crippen molar-refractivity contribution in [2.24, 2.45) is 11.8 Å². The summed E-state index contributed by atoms with van der Waals surface area (Å²) in [6.45, 7) is 7.83. The molecule has 0 aromatic rings. The Morgan fingerprint density at radius 1 is 1.53 bits per heavy atom. The van der Waals surface area contributed by atoms with E-state index in [1.807, 2.05) is 6.92 Å². The van der Waals surface area contributed by atoms with Gasteiger partial charge in [-0.15, -0.1) is 0 Å². The quantitative estimate of drug-likeness (QED) is 0.735. The molecule has 110 valence electrons. The van der Waals surface area contributed by atoms with Crippen molar-refractivity contribution in [1.29, 1.82) is 5.26 Å². The molecule has 5 nitrogen and oxygen atoms in total. The summed E-state index contributed by atoms with van der Waals surface area (Å²) in [7, 11) is -3.07. The van der Waals surface area contributed by atoms with Crippen LogP contribution in [-0.2, 0) is 10.0 Å². The molecule has 1 saturated heterocycles. The molecule has 0 saturated carbocycles. The predicted molar refractivity (Wildman–Crippen MR) is 76.0 cm³/mol. The molecule has 0 radical (unpaired) electrons. The molecule has 1 fully saturated rings. The van der Waals surface area contributed by atoms with Crippen LogP contribution in [-0.4, -0.2) is 56.6 Å². The highest BCUT2D eigenvalue weighted by molar-refractivity contribution is 7.88. The van der Waals surface area contributed by atoms with Crippen LogP contribution in [0.15, 0.2) is 0 Å². The summed E-state index contributed by atoms with van der Waals surface area (Å²) in [6, 6.07) is 2.25. The molecule has 2 unspecified atom stereocenters. The Bertz CT molecular complexity index is 416. The molecular formula is C13H25N3O2S. The lowest BCUT2D eigenvalue weighted by Crippen LogP contribution is -2.44. The second-order valence-electron chi connectivity index (χ2n) is 5.51. The first-order chi connectivity index (χ1) is 8.86. The van der Waals surface area contributed by atoms with Gasteiger partial charge in [-0.05, 0) is 32.2 Å². The summed E-state index contributed by atoms with van der Waals surface area (Å²) in [5.41, 5.74) is 0. The van der Waals surface area contributed by atoms with Gasteiger partial charge in [0, 0.05) is 26.2 Å². The molecule has 0 spiro atoms. The van der Waals surface area contributed by atoms with Gasteiger partial charge < -0.3 is 4.90 Å². The summed E-state index contributed by atoms with van der Waals surface area (Å²) in [4.78, 5) is 2.25. The minimum Gasteiger partial charge on any atom is -0.302 e. The zero-order valence-electron chi connectivity index (χ0n) is 12.2. The van der Waals surface area contributed by atoms with Crippen molar-refractivity contribution < 1.29 is 8.42 Å². The number of hydrogen-bond acceptors (Lipinski definition) is 4. The lowest BCUT2D eigenvalue weighted by molar-refractivity contribution is 0.176. The van der Waals surface area contributed by atoms with Crippen LogP contribution in [0.2, 0.25) is 0 Å². The second kappa shape index (κ2) is 7.22. The Hall–Kier alpha value is -0.640. The Labute approximate surface area is 117 Å². The van der Waals surface area contributed by atoms with Crippen molar-refractivity contribution in [3.05, 3.63) is 0 Å².